The molecular weight excluding hydrogens is 473 g/mol. The third-order valence-corrected chi connectivity index (χ3v) is 4.87. The van der Waals surface area contributed by atoms with E-state index in [1.807, 2.05) is 0 Å². The smallest absolute Gasteiger partial charge is 0.259 e. The highest BCUT2D eigenvalue weighted by molar-refractivity contribution is 6.33. The first-order valence-electron chi connectivity index (χ1n) is 9.99. The van der Waals surface area contributed by atoms with E-state index < -0.39 is 17.7 Å². The molecule has 33 heavy (non-hydrogen) atoms. The van der Waals surface area contributed by atoms with E-state index in [0.29, 0.717) is 35.5 Å². The molecule has 0 bridgehead atoms. The molecule has 2 aromatic carbocycles. The maximum atomic E-state index is 13.0. The Hall–Kier alpha value is -3.04. The quantitative estimate of drug-likeness (QED) is 0.324. The van der Waals surface area contributed by atoms with E-state index >= 15 is 0 Å². The summed E-state index contributed by atoms with van der Waals surface area (Å²) in [5, 5.41) is 11.2. The van der Waals surface area contributed by atoms with Gasteiger partial charge in [0.15, 0.2) is 11.5 Å². The van der Waals surface area contributed by atoms with Crippen LogP contribution in [0.4, 0.5) is 11.4 Å². The highest BCUT2D eigenvalue weighted by atomic mass is 35.5. The van der Waals surface area contributed by atoms with Crippen LogP contribution in [0.3, 0.4) is 0 Å². The molecule has 0 aliphatic heterocycles. The number of benzene rings is 2. The fourth-order valence-electron chi connectivity index (χ4n) is 2.77. The van der Waals surface area contributed by atoms with Crippen molar-refractivity contribution < 1.29 is 28.5 Å². The van der Waals surface area contributed by atoms with Crippen molar-refractivity contribution in [3.8, 4) is 23.0 Å². The minimum absolute atomic E-state index is 0.198. The minimum Gasteiger partial charge on any atom is -0.495 e. The molecule has 0 aliphatic carbocycles. The second kappa shape index (κ2) is 12.3. The largest absolute Gasteiger partial charge is 0.495 e. The summed E-state index contributed by atoms with van der Waals surface area (Å²) < 4.78 is 21.6. The van der Waals surface area contributed by atoms with Gasteiger partial charge in [-0.1, -0.05) is 23.2 Å². The van der Waals surface area contributed by atoms with Gasteiger partial charge in [-0.3, -0.25) is 9.59 Å². The fourth-order valence-corrected chi connectivity index (χ4v) is 3.21. The Morgan fingerprint density at radius 1 is 0.970 bits per heavy atom. The Morgan fingerprint density at radius 2 is 1.64 bits per heavy atom. The molecule has 1 unspecified atom stereocenters. The Balaban J connectivity index is 2.42. The van der Waals surface area contributed by atoms with Crippen LogP contribution in [0.15, 0.2) is 34.5 Å². The van der Waals surface area contributed by atoms with Crippen molar-refractivity contribution in [3.63, 3.8) is 0 Å². The molecule has 1 N–H and O–H groups in total. The van der Waals surface area contributed by atoms with Crippen molar-refractivity contribution in [1.29, 1.82) is 0 Å². The average molecular weight is 498 g/mol. The van der Waals surface area contributed by atoms with Crippen molar-refractivity contribution >= 4 is 46.3 Å². The SMILES string of the molecule is CCOc1ccc(Cl)c(OCC)c1NC(=O)C(N=Nc1cc(OC)c(Cl)cc1OC)C(C)=O. The van der Waals surface area contributed by atoms with E-state index in [1.54, 1.807) is 26.0 Å². The van der Waals surface area contributed by atoms with Gasteiger partial charge >= 0.3 is 0 Å². The van der Waals surface area contributed by atoms with Gasteiger partial charge in [-0.2, -0.15) is 10.2 Å². The topological polar surface area (TPSA) is 108 Å². The number of anilines is 1. The zero-order valence-electron chi connectivity index (χ0n) is 18.9. The number of nitrogens with one attached hydrogen (secondary N) is 1. The highest BCUT2D eigenvalue weighted by Crippen LogP contribution is 2.41. The summed E-state index contributed by atoms with van der Waals surface area (Å²) in [6, 6.07) is 4.71. The lowest BCUT2D eigenvalue weighted by molar-refractivity contribution is -0.126. The van der Waals surface area contributed by atoms with E-state index in [2.05, 4.69) is 15.5 Å². The molecule has 0 saturated heterocycles. The number of hydrogen-bond donors (Lipinski definition) is 1. The summed E-state index contributed by atoms with van der Waals surface area (Å²) in [7, 11) is 2.87. The van der Waals surface area contributed by atoms with Gasteiger partial charge in [-0.15, -0.1) is 0 Å². The number of methoxy groups -OCH3 is 2. The maximum absolute atomic E-state index is 13.0. The Kier molecular flexibility index (Phi) is 9.74. The van der Waals surface area contributed by atoms with E-state index in [9.17, 15) is 9.59 Å². The molecule has 9 nitrogen and oxygen atoms in total. The molecule has 11 heteroatoms. The Bertz CT molecular complexity index is 1050. The molecule has 1 atom stereocenters. The molecule has 0 radical (unpaired) electrons. The van der Waals surface area contributed by atoms with Crippen molar-refractivity contribution in [1.82, 2.24) is 0 Å². The highest BCUT2D eigenvalue weighted by Gasteiger charge is 2.27. The lowest BCUT2D eigenvalue weighted by Gasteiger charge is -2.18. The van der Waals surface area contributed by atoms with Gasteiger partial charge in [0.05, 0.1) is 37.5 Å². The monoisotopic (exact) mass is 497 g/mol. The molecule has 0 spiro atoms. The second-order valence-electron chi connectivity index (χ2n) is 6.49. The maximum Gasteiger partial charge on any atom is 0.259 e. The lowest BCUT2D eigenvalue weighted by Crippen LogP contribution is -2.32. The van der Waals surface area contributed by atoms with Crippen molar-refractivity contribution in [3.05, 3.63) is 34.3 Å². The zero-order chi connectivity index (χ0) is 24.5. The molecule has 0 aromatic heterocycles. The molecule has 178 valence electrons. The minimum atomic E-state index is -1.46. The number of halogens is 2. The summed E-state index contributed by atoms with van der Waals surface area (Å²) in [6.07, 6.45) is 0. The zero-order valence-corrected chi connectivity index (χ0v) is 20.4. The predicted molar refractivity (Wildman–Crippen MR) is 126 cm³/mol. The van der Waals surface area contributed by atoms with Crippen LogP contribution in [0.2, 0.25) is 10.0 Å². The van der Waals surface area contributed by atoms with Crippen LogP contribution in [0.5, 0.6) is 23.0 Å². The van der Waals surface area contributed by atoms with Crippen LogP contribution in [-0.2, 0) is 9.59 Å². The van der Waals surface area contributed by atoms with Crippen molar-refractivity contribution in [2.24, 2.45) is 10.2 Å². The van der Waals surface area contributed by atoms with Crippen LogP contribution >= 0.6 is 23.2 Å². The van der Waals surface area contributed by atoms with Gasteiger partial charge in [0.2, 0.25) is 6.04 Å². The first-order valence-corrected chi connectivity index (χ1v) is 10.7. The number of rotatable bonds is 11. The van der Waals surface area contributed by atoms with E-state index in [-0.39, 0.29) is 22.1 Å². The molecule has 0 aliphatic rings. The molecular formula is C22H25Cl2N3O6. The third kappa shape index (κ3) is 6.49. The third-order valence-electron chi connectivity index (χ3n) is 4.28. The van der Waals surface area contributed by atoms with Crippen LogP contribution in [0.25, 0.3) is 0 Å². The van der Waals surface area contributed by atoms with Gasteiger partial charge in [0, 0.05) is 12.1 Å². The normalized spacial score (nSPS) is 11.7. The number of hydrogen-bond acceptors (Lipinski definition) is 8. The van der Waals surface area contributed by atoms with Crippen LogP contribution in [0, 0.1) is 0 Å². The molecule has 0 saturated carbocycles. The number of azo groups is 1. The molecule has 2 rings (SSSR count). The molecule has 0 heterocycles. The number of carbonyl (C=O) groups is 2. The van der Waals surface area contributed by atoms with Gasteiger partial charge < -0.3 is 24.3 Å². The number of ether oxygens (including phenoxy) is 4. The Labute approximate surface area is 202 Å². The van der Waals surface area contributed by atoms with Crippen LogP contribution < -0.4 is 24.3 Å². The standard InChI is InChI=1S/C22H25Cl2N3O6/c1-6-32-16-9-8-13(23)21(33-7-2)20(16)25-22(29)19(12(3)28)27-26-15-11-17(30-4)14(24)10-18(15)31-5/h8-11,19H,6-7H2,1-5H3,(H,25,29). The number of Topliss-reactive ketones (excluding diaryl/α,β-unsaturated/α-hetero) is 1. The second-order valence-corrected chi connectivity index (χ2v) is 7.31. The summed E-state index contributed by atoms with van der Waals surface area (Å²) in [5.41, 5.74) is 0.425. The summed E-state index contributed by atoms with van der Waals surface area (Å²) >= 11 is 12.3. The molecule has 1 amide bonds. The fraction of sp³-hybridized carbons (Fsp3) is 0.364. The van der Waals surface area contributed by atoms with Crippen molar-refractivity contribution in [2.75, 3.05) is 32.8 Å². The lowest BCUT2D eigenvalue weighted by atomic mass is 10.2. The van der Waals surface area contributed by atoms with Gasteiger partial charge in [0.25, 0.3) is 5.91 Å². The molecule has 0 fully saturated rings. The first kappa shape index (κ1) is 26.2. The van der Waals surface area contributed by atoms with Crippen LogP contribution in [0.1, 0.15) is 20.8 Å². The van der Waals surface area contributed by atoms with Gasteiger partial charge in [-0.05, 0) is 32.9 Å². The van der Waals surface area contributed by atoms with E-state index in [1.165, 1.54) is 33.3 Å². The molecule has 2 aromatic rings. The van der Waals surface area contributed by atoms with Crippen molar-refractivity contribution in [2.45, 2.75) is 26.8 Å². The average Bonchev–Trinajstić information content (AvgIpc) is 2.78. The van der Waals surface area contributed by atoms with Crippen LogP contribution in [-0.4, -0.2) is 45.2 Å². The van der Waals surface area contributed by atoms with Gasteiger partial charge in [0.1, 0.15) is 28.6 Å². The number of ketones is 1. The van der Waals surface area contributed by atoms with E-state index in [0.717, 1.165) is 0 Å². The first-order chi connectivity index (χ1) is 15.8. The van der Waals surface area contributed by atoms with Gasteiger partial charge in [-0.25, -0.2) is 0 Å². The number of nitrogens with zero attached hydrogens (tertiary/aromatic N) is 2. The summed E-state index contributed by atoms with van der Waals surface area (Å²) in [5.74, 6) is -0.0930. The number of amides is 1. The Morgan fingerprint density at radius 3 is 2.21 bits per heavy atom. The summed E-state index contributed by atoms with van der Waals surface area (Å²) in [4.78, 5) is 25.3. The predicted octanol–water partition coefficient (Wildman–Crippen LogP) is 5.49. The number of carbonyl (C=O) groups excluding carboxylic acids is 2. The van der Waals surface area contributed by atoms with E-state index in [4.69, 9.17) is 42.1 Å². The summed E-state index contributed by atoms with van der Waals surface area (Å²) in [6.45, 7) is 5.43.